The average molecular weight is 389 g/mol. The lowest BCUT2D eigenvalue weighted by Crippen LogP contribution is -2.29. The standard InChI is InChI=1S/C24H23NO4/c1-29-23(27)13-16-4-2-5-17(12-16)21-7-3-6-18-14-19(8-9-22(18)21)24(28)25-11-10-20(26)15-25/h2-9,12,14,20,26H,10-11,13,15H2,1H3/t20-/m0/s1. The first kappa shape index (κ1) is 19.2. The van der Waals surface area contributed by atoms with Gasteiger partial charge in [-0.2, -0.15) is 0 Å². The highest BCUT2D eigenvalue weighted by Crippen LogP contribution is 2.30. The first-order valence-corrected chi connectivity index (χ1v) is 9.71. The van der Waals surface area contributed by atoms with E-state index in [0.29, 0.717) is 25.1 Å². The summed E-state index contributed by atoms with van der Waals surface area (Å²) in [6.45, 7) is 0.981. The normalized spacial score (nSPS) is 16.2. The highest BCUT2D eigenvalue weighted by Gasteiger charge is 2.25. The molecule has 148 valence electrons. The molecular weight excluding hydrogens is 366 g/mol. The van der Waals surface area contributed by atoms with Gasteiger partial charge in [-0.25, -0.2) is 0 Å². The maximum atomic E-state index is 12.7. The number of fused-ring (bicyclic) bond motifs is 1. The molecule has 3 aromatic rings. The van der Waals surface area contributed by atoms with Crippen LogP contribution in [0, 0.1) is 0 Å². The van der Waals surface area contributed by atoms with Gasteiger partial charge in [0.05, 0.1) is 19.6 Å². The molecule has 0 aliphatic carbocycles. The number of nitrogens with zero attached hydrogens (tertiary/aromatic N) is 1. The Balaban J connectivity index is 1.67. The van der Waals surface area contributed by atoms with Gasteiger partial charge in [0, 0.05) is 18.7 Å². The van der Waals surface area contributed by atoms with Gasteiger partial charge in [0.15, 0.2) is 0 Å². The number of hydrogen-bond acceptors (Lipinski definition) is 4. The Bertz CT molecular complexity index is 1080. The van der Waals surface area contributed by atoms with Crippen molar-refractivity contribution in [3.05, 3.63) is 71.8 Å². The zero-order valence-electron chi connectivity index (χ0n) is 16.3. The molecule has 5 heteroatoms. The Morgan fingerprint density at radius 2 is 1.93 bits per heavy atom. The second kappa shape index (κ2) is 8.05. The monoisotopic (exact) mass is 389 g/mol. The van der Waals surface area contributed by atoms with E-state index in [1.54, 1.807) is 4.90 Å². The Kier molecular flexibility index (Phi) is 5.32. The third-order valence-corrected chi connectivity index (χ3v) is 5.39. The van der Waals surface area contributed by atoms with Crippen LogP contribution in [0.15, 0.2) is 60.7 Å². The lowest BCUT2D eigenvalue weighted by Gasteiger charge is -2.16. The van der Waals surface area contributed by atoms with Crippen LogP contribution in [0.4, 0.5) is 0 Å². The Labute approximate surface area is 169 Å². The van der Waals surface area contributed by atoms with Crippen LogP contribution in [0.5, 0.6) is 0 Å². The molecule has 0 saturated carbocycles. The van der Waals surface area contributed by atoms with Crippen molar-refractivity contribution in [3.63, 3.8) is 0 Å². The average Bonchev–Trinajstić information content (AvgIpc) is 3.18. The molecule has 0 unspecified atom stereocenters. The topological polar surface area (TPSA) is 66.8 Å². The minimum absolute atomic E-state index is 0.0473. The van der Waals surface area contributed by atoms with Crippen molar-refractivity contribution in [3.8, 4) is 11.1 Å². The van der Waals surface area contributed by atoms with Crippen molar-refractivity contribution < 1.29 is 19.4 Å². The van der Waals surface area contributed by atoms with Gasteiger partial charge in [-0.15, -0.1) is 0 Å². The van der Waals surface area contributed by atoms with Crippen molar-refractivity contribution in [1.29, 1.82) is 0 Å². The molecule has 1 aliphatic heterocycles. The maximum absolute atomic E-state index is 12.7. The molecular formula is C24H23NO4. The fraction of sp³-hybridized carbons (Fsp3) is 0.250. The van der Waals surface area contributed by atoms with Crippen LogP contribution >= 0.6 is 0 Å². The molecule has 1 amide bonds. The van der Waals surface area contributed by atoms with E-state index in [4.69, 9.17) is 4.74 Å². The molecule has 4 rings (SSSR count). The highest BCUT2D eigenvalue weighted by molar-refractivity contribution is 6.02. The van der Waals surface area contributed by atoms with Gasteiger partial charge in [-0.05, 0) is 46.0 Å². The van der Waals surface area contributed by atoms with Crippen LogP contribution < -0.4 is 0 Å². The summed E-state index contributed by atoms with van der Waals surface area (Å²) in [5.74, 6) is -0.316. The Morgan fingerprint density at radius 3 is 2.69 bits per heavy atom. The lowest BCUT2D eigenvalue weighted by molar-refractivity contribution is -0.139. The molecule has 5 nitrogen and oxygen atoms in total. The fourth-order valence-electron chi connectivity index (χ4n) is 3.86. The Hall–Kier alpha value is -3.18. The smallest absolute Gasteiger partial charge is 0.309 e. The first-order valence-electron chi connectivity index (χ1n) is 9.71. The molecule has 29 heavy (non-hydrogen) atoms. The van der Waals surface area contributed by atoms with Gasteiger partial charge in [0.25, 0.3) is 5.91 Å². The molecule has 0 radical (unpaired) electrons. The minimum atomic E-state index is -0.428. The Morgan fingerprint density at radius 1 is 1.10 bits per heavy atom. The number of carbonyl (C=O) groups excluding carboxylic acids is 2. The van der Waals surface area contributed by atoms with E-state index in [2.05, 4.69) is 0 Å². The number of methoxy groups -OCH3 is 1. The molecule has 1 fully saturated rings. The number of hydrogen-bond donors (Lipinski definition) is 1. The third-order valence-electron chi connectivity index (χ3n) is 5.39. The van der Waals surface area contributed by atoms with E-state index < -0.39 is 6.10 Å². The van der Waals surface area contributed by atoms with Gasteiger partial charge >= 0.3 is 5.97 Å². The fourth-order valence-corrected chi connectivity index (χ4v) is 3.86. The van der Waals surface area contributed by atoms with Gasteiger partial charge < -0.3 is 14.7 Å². The van der Waals surface area contributed by atoms with Crippen LogP contribution in [-0.4, -0.2) is 48.2 Å². The SMILES string of the molecule is COC(=O)Cc1cccc(-c2cccc3cc(C(=O)N4CC[C@H](O)C4)ccc23)c1. The van der Waals surface area contributed by atoms with Crippen LogP contribution in [0.3, 0.4) is 0 Å². The molecule has 3 aromatic carbocycles. The number of ether oxygens (including phenoxy) is 1. The second-order valence-electron chi connectivity index (χ2n) is 7.39. The number of β-amino-alcohol motifs (C(OH)–C–C–N with tert-alkyl or cyclic N) is 1. The summed E-state index contributed by atoms with van der Waals surface area (Å²) in [4.78, 5) is 26.0. The molecule has 0 spiro atoms. The maximum Gasteiger partial charge on any atom is 0.309 e. The molecule has 0 aromatic heterocycles. The van der Waals surface area contributed by atoms with Gasteiger partial charge in [-0.3, -0.25) is 9.59 Å². The molecule has 1 heterocycles. The number of benzene rings is 3. The van der Waals surface area contributed by atoms with Crippen LogP contribution in [0.1, 0.15) is 22.3 Å². The summed E-state index contributed by atoms with van der Waals surface area (Å²) in [5.41, 5.74) is 3.58. The molecule has 1 N–H and O–H groups in total. The van der Waals surface area contributed by atoms with Crippen LogP contribution in [-0.2, 0) is 16.0 Å². The number of likely N-dealkylation sites (tertiary alicyclic amines) is 1. The summed E-state index contributed by atoms with van der Waals surface area (Å²) in [6, 6.07) is 19.6. The molecule has 1 aliphatic rings. The largest absolute Gasteiger partial charge is 0.469 e. The van der Waals surface area contributed by atoms with E-state index in [9.17, 15) is 14.7 Å². The molecule has 1 atom stereocenters. The summed E-state index contributed by atoms with van der Waals surface area (Å²) >= 11 is 0. The minimum Gasteiger partial charge on any atom is -0.469 e. The first-order chi connectivity index (χ1) is 14.0. The summed E-state index contributed by atoms with van der Waals surface area (Å²) in [5, 5.41) is 11.7. The van der Waals surface area contributed by atoms with Gasteiger partial charge in [0.2, 0.25) is 0 Å². The van der Waals surface area contributed by atoms with E-state index in [0.717, 1.165) is 27.5 Å². The highest BCUT2D eigenvalue weighted by atomic mass is 16.5. The van der Waals surface area contributed by atoms with E-state index in [1.807, 2.05) is 60.7 Å². The van der Waals surface area contributed by atoms with Crippen molar-refractivity contribution >= 4 is 22.6 Å². The lowest BCUT2D eigenvalue weighted by atomic mass is 9.95. The third kappa shape index (κ3) is 4.00. The summed E-state index contributed by atoms with van der Waals surface area (Å²) in [6.07, 6.45) is 0.434. The van der Waals surface area contributed by atoms with Gasteiger partial charge in [0.1, 0.15) is 0 Å². The number of amides is 1. The number of esters is 1. The molecule has 1 saturated heterocycles. The van der Waals surface area contributed by atoms with Crippen molar-refractivity contribution in [2.75, 3.05) is 20.2 Å². The second-order valence-corrected chi connectivity index (χ2v) is 7.39. The zero-order valence-corrected chi connectivity index (χ0v) is 16.3. The summed E-state index contributed by atoms with van der Waals surface area (Å²) in [7, 11) is 1.39. The summed E-state index contributed by atoms with van der Waals surface area (Å²) < 4.78 is 4.76. The van der Waals surface area contributed by atoms with Crippen molar-refractivity contribution in [2.45, 2.75) is 18.9 Å². The number of aliphatic hydroxyl groups excluding tert-OH is 1. The number of carbonyl (C=O) groups is 2. The van der Waals surface area contributed by atoms with Crippen molar-refractivity contribution in [1.82, 2.24) is 4.90 Å². The predicted molar refractivity (Wildman–Crippen MR) is 112 cm³/mol. The quantitative estimate of drug-likeness (QED) is 0.695. The van der Waals surface area contributed by atoms with E-state index >= 15 is 0 Å². The van der Waals surface area contributed by atoms with Gasteiger partial charge in [-0.1, -0.05) is 48.5 Å². The predicted octanol–water partition coefficient (Wildman–Crippen LogP) is 3.43. The van der Waals surface area contributed by atoms with E-state index in [1.165, 1.54) is 7.11 Å². The van der Waals surface area contributed by atoms with Crippen LogP contribution in [0.2, 0.25) is 0 Å². The van der Waals surface area contributed by atoms with Crippen LogP contribution in [0.25, 0.3) is 21.9 Å². The van der Waals surface area contributed by atoms with Crippen molar-refractivity contribution in [2.24, 2.45) is 0 Å². The number of rotatable bonds is 4. The molecule has 0 bridgehead atoms. The van der Waals surface area contributed by atoms with E-state index in [-0.39, 0.29) is 18.3 Å². The number of aliphatic hydroxyl groups is 1. The zero-order chi connectivity index (χ0) is 20.4.